The first kappa shape index (κ1) is 39.0. The first-order chi connectivity index (χ1) is 25.1. The summed E-state index contributed by atoms with van der Waals surface area (Å²) >= 11 is 0. The summed E-state index contributed by atoms with van der Waals surface area (Å²) in [6.07, 6.45) is 5.81. The van der Waals surface area contributed by atoms with Crippen LogP contribution in [0.15, 0.2) is 60.7 Å². The van der Waals surface area contributed by atoms with Crippen molar-refractivity contribution in [3.63, 3.8) is 0 Å². The zero-order chi connectivity index (χ0) is 35.8. The van der Waals surface area contributed by atoms with Crippen molar-refractivity contribution in [3.05, 3.63) is 82.9 Å². The average Bonchev–Trinajstić information content (AvgIpc) is 3.15. The molecule has 0 saturated carbocycles. The second-order valence-corrected chi connectivity index (χ2v) is 10.7. The van der Waals surface area contributed by atoms with Crippen LogP contribution in [0.4, 0.5) is 0 Å². The topological polar surface area (TPSA) is 130 Å². The highest BCUT2D eigenvalue weighted by atomic mass is 16.6. The van der Waals surface area contributed by atoms with Crippen molar-refractivity contribution in [2.45, 2.75) is 0 Å². The number of carbonyl (C=O) groups is 1. The summed E-state index contributed by atoms with van der Waals surface area (Å²) in [5, 5.41) is 9.19. The van der Waals surface area contributed by atoms with E-state index in [0.717, 1.165) is 11.5 Å². The first-order valence-corrected chi connectivity index (χ1v) is 16.7. The van der Waals surface area contributed by atoms with E-state index in [1.165, 1.54) is 12.1 Å². The third kappa shape index (κ3) is 15.3. The third-order valence-electron chi connectivity index (χ3n) is 6.99. The van der Waals surface area contributed by atoms with Crippen molar-refractivity contribution >= 4 is 5.97 Å². The SMILES string of the molecule is C#Cc1cc2c(C#Cc3ccc(C(=O)O)cc3)cc1OCCOCCOCCOCCOc1ccc(cc1)OCCOCCOCCOCCO2. The normalized spacial score (nSPS) is 16.7. The average molecular weight is 705 g/mol. The molecule has 0 fully saturated rings. The molecule has 0 saturated heterocycles. The Balaban J connectivity index is 1.31. The van der Waals surface area contributed by atoms with Crippen molar-refractivity contribution in [1.82, 2.24) is 0 Å². The summed E-state index contributed by atoms with van der Waals surface area (Å²) in [6.45, 7) is 6.14. The summed E-state index contributed by atoms with van der Waals surface area (Å²) in [7, 11) is 0. The van der Waals surface area contributed by atoms with Crippen LogP contribution in [0.1, 0.15) is 27.0 Å². The van der Waals surface area contributed by atoms with E-state index < -0.39 is 5.97 Å². The summed E-state index contributed by atoms with van der Waals surface area (Å²) < 4.78 is 57.0. The molecule has 272 valence electrons. The molecule has 4 aliphatic rings. The number of hydrogen-bond donors (Lipinski definition) is 1. The fourth-order valence-corrected chi connectivity index (χ4v) is 4.42. The predicted octanol–water partition coefficient (Wildman–Crippen LogP) is 4.09. The Labute approximate surface area is 298 Å². The van der Waals surface area contributed by atoms with E-state index in [1.807, 2.05) is 24.3 Å². The van der Waals surface area contributed by atoms with Crippen LogP contribution in [0.25, 0.3) is 0 Å². The number of carboxylic acid groups (broad SMARTS) is 1. The van der Waals surface area contributed by atoms with Gasteiger partial charge in [-0.3, -0.25) is 0 Å². The highest BCUT2D eigenvalue weighted by Crippen LogP contribution is 2.28. The quantitative estimate of drug-likeness (QED) is 0.367. The highest BCUT2D eigenvalue weighted by Gasteiger charge is 2.11. The molecule has 12 heteroatoms. The Morgan fingerprint density at radius 2 is 0.863 bits per heavy atom. The number of aromatic carboxylic acids is 1. The smallest absolute Gasteiger partial charge is 0.335 e. The molecule has 4 heterocycles. The van der Waals surface area contributed by atoms with Gasteiger partial charge in [0.2, 0.25) is 0 Å². The molecule has 1 N–H and O–H groups in total. The lowest BCUT2D eigenvalue weighted by molar-refractivity contribution is 0.00466. The lowest BCUT2D eigenvalue weighted by Crippen LogP contribution is -2.15. The van der Waals surface area contributed by atoms with Gasteiger partial charge in [0.25, 0.3) is 0 Å². The van der Waals surface area contributed by atoms with E-state index >= 15 is 0 Å². The molecule has 0 radical (unpaired) electrons. The van der Waals surface area contributed by atoms with E-state index in [9.17, 15) is 9.90 Å². The molecule has 12 nitrogen and oxygen atoms in total. The zero-order valence-electron chi connectivity index (χ0n) is 28.6. The first-order valence-electron chi connectivity index (χ1n) is 16.7. The number of hydrogen-bond acceptors (Lipinski definition) is 11. The summed E-state index contributed by atoms with van der Waals surface area (Å²) in [5.74, 6) is 10.2. The molecular weight excluding hydrogens is 660 g/mol. The van der Waals surface area contributed by atoms with E-state index in [1.54, 1.807) is 24.3 Å². The Hall–Kier alpha value is -4.79. The summed E-state index contributed by atoms with van der Waals surface area (Å²) in [5.41, 5.74) is 1.84. The van der Waals surface area contributed by atoms with Crippen LogP contribution < -0.4 is 18.9 Å². The van der Waals surface area contributed by atoms with Gasteiger partial charge in [-0.2, -0.15) is 0 Å². The zero-order valence-corrected chi connectivity index (χ0v) is 28.6. The maximum Gasteiger partial charge on any atom is 0.335 e. The molecule has 0 aromatic heterocycles. The Bertz CT molecular complexity index is 1550. The molecular formula is C39H44O12. The molecule has 3 aromatic rings. The van der Waals surface area contributed by atoms with Gasteiger partial charge in [0, 0.05) is 17.7 Å². The van der Waals surface area contributed by atoms with Gasteiger partial charge in [-0.05, 0) is 48.5 Å². The van der Waals surface area contributed by atoms with Crippen molar-refractivity contribution in [1.29, 1.82) is 0 Å². The van der Waals surface area contributed by atoms with Crippen LogP contribution in [0.2, 0.25) is 0 Å². The van der Waals surface area contributed by atoms with Gasteiger partial charge in [0.15, 0.2) is 0 Å². The van der Waals surface area contributed by atoms with Gasteiger partial charge in [0.1, 0.15) is 49.4 Å². The molecule has 0 aliphatic carbocycles. The summed E-state index contributed by atoms with van der Waals surface area (Å²) in [4.78, 5) is 11.2. The van der Waals surface area contributed by atoms with Gasteiger partial charge >= 0.3 is 5.97 Å². The minimum Gasteiger partial charge on any atom is -0.491 e. The number of carboxylic acids is 1. The lowest BCUT2D eigenvalue weighted by Gasteiger charge is -2.14. The van der Waals surface area contributed by atoms with E-state index in [-0.39, 0.29) is 18.8 Å². The maximum absolute atomic E-state index is 11.2. The molecule has 0 unspecified atom stereocenters. The van der Waals surface area contributed by atoms with Gasteiger partial charge in [0.05, 0.1) is 96.0 Å². The fourth-order valence-electron chi connectivity index (χ4n) is 4.42. The standard InChI is InChI=1S/C39H44O12/c1-2-32-29-38-34(8-5-31-3-6-33(7-4-31)39(40)41)30-37(32)50-27-23-46-19-15-42-13-17-44-21-25-48-35-9-11-36(12-10-35)49-26-22-45-18-14-43-16-20-47-24-28-51-38/h1,3-4,6-7,9-12,29-30H,13-28H2,(H,40,41). The maximum atomic E-state index is 11.2. The molecule has 0 amide bonds. The van der Waals surface area contributed by atoms with Crippen LogP contribution >= 0.6 is 0 Å². The molecule has 0 atom stereocenters. The largest absolute Gasteiger partial charge is 0.491 e. The molecule has 3 aromatic carbocycles. The molecule has 4 bridgehead atoms. The number of benzene rings is 3. The van der Waals surface area contributed by atoms with Crippen molar-refractivity contribution in [3.8, 4) is 47.2 Å². The van der Waals surface area contributed by atoms with Crippen LogP contribution in [-0.4, -0.2) is 117 Å². The Morgan fingerprint density at radius 1 is 0.490 bits per heavy atom. The molecule has 51 heavy (non-hydrogen) atoms. The van der Waals surface area contributed by atoms with E-state index in [0.29, 0.717) is 121 Å². The van der Waals surface area contributed by atoms with E-state index in [2.05, 4.69) is 17.8 Å². The molecule has 7 rings (SSSR count). The molecule has 4 aliphatic heterocycles. The third-order valence-corrected chi connectivity index (χ3v) is 6.99. The molecule has 0 spiro atoms. The van der Waals surface area contributed by atoms with Crippen LogP contribution in [0.5, 0.6) is 23.0 Å². The monoisotopic (exact) mass is 704 g/mol. The minimum absolute atomic E-state index is 0.175. The second kappa shape index (κ2) is 23.6. The number of rotatable bonds is 1. The van der Waals surface area contributed by atoms with Crippen molar-refractivity contribution in [2.75, 3.05) is 106 Å². The van der Waals surface area contributed by atoms with Gasteiger partial charge in [-0.25, -0.2) is 4.79 Å². The fraction of sp³-hybridized carbons (Fsp3) is 0.410. The van der Waals surface area contributed by atoms with Crippen LogP contribution in [-0.2, 0) is 28.4 Å². The number of terminal acetylenes is 1. The van der Waals surface area contributed by atoms with E-state index in [4.69, 9.17) is 53.8 Å². The Kier molecular flexibility index (Phi) is 18.0. The van der Waals surface area contributed by atoms with Crippen molar-refractivity contribution in [2.24, 2.45) is 0 Å². The summed E-state index contributed by atoms with van der Waals surface area (Å²) in [6, 6.07) is 17.1. The van der Waals surface area contributed by atoms with Gasteiger partial charge in [-0.15, -0.1) is 6.42 Å². The van der Waals surface area contributed by atoms with Crippen LogP contribution in [0.3, 0.4) is 0 Å². The van der Waals surface area contributed by atoms with Crippen molar-refractivity contribution < 1.29 is 57.3 Å². The van der Waals surface area contributed by atoms with Crippen LogP contribution in [0, 0.1) is 24.2 Å². The highest BCUT2D eigenvalue weighted by molar-refractivity contribution is 5.87. The second-order valence-electron chi connectivity index (χ2n) is 10.7. The van der Waals surface area contributed by atoms with Gasteiger partial charge in [-0.1, -0.05) is 17.8 Å². The lowest BCUT2D eigenvalue weighted by atomic mass is 10.1. The predicted molar refractivity (Wildman–Crippen MR) is 187 cm³/mol. The minimum atomic E-state index is -1.01. The number of ether oxygens (including phenoxy) is 10. The Morgan fingerprint density at radius 3 is 1.27 bits per heavy atom. The van der Waals surface area contributed by atoms with Gasteiger partial charge < -0.3 is 52.5 Å².